The van der Waals surface area contributed by atoms with Gasteiger partial charge in [-0.2, -0.15) is 0 Å². The Morgan fingerprint density at radius 3 is 3.00 bits per heavy atom. The van der Waals surface area contributed by atoms with Gasteiger partial charge >= 0.3 is 0 Å². The van der Waals surface area contributed by atoms with Crippen LogP contribution in [-0.4, -0.2) is 20.9 Å². The Balaban J connectivity index is 2.44. The lowest BCUT2D eigenvalue weighted by Crippen LogP contribution is -2.35. The normalized spacial score (nSPS) is 11.8. The molecule has 1 aromatic heterocycles. The first-order valence-corrected chi connectivity index (χ1v) is 4.84. The molecule has 0 spiro atoms. The first kappa shape index (κ1) is 11.5. The first-order valence-electron chi connectivity index (χ1n) is 4.43. The Kier molecular flexibility index (Phi) is 4.11. The molecule has 0 aromatic carbocycles. The van der Waals surface area contributed by atoms with Gasteiger partial charge in [0.25, 0.3) is 0 Å². The van der Waals surface area contributed by atoms with Gasteiger partial charge < -0.3 is 11.1 Å². The molecule has 1 unspecified atom stereocenters. The molecular formula is C9H12N4OS. The largest absolute Gasteiger partial charge is 0.393 e. The van der Waals surface area contributed by atoms with Crippen LogP contribution in [0.2, 0.25) is 0 Å². The summed E-state index contributed by atoms with van der Waals surface area (Å²) in [5, 5.41) is 2.68. The molecular weight excluding hydrogens is 212 g/mol. The third-order valence-corrected chi connectivity index (χ3v) is 2.26. The molecule has 0 bridgehead atoms. The zero-order chi connectivity index (χ0) is 11.3. The number of nitrogens with zero attached hydrogens (tertiary/aromatic N) is 2. The minimum absolute atomic E-state index is 0.190. The number of amides is 1. The molecule has 0 radical (unpaired) electrons. The molecule has 15 heavy (non-hydrogen) atoms. The number of aromatic nitrogens is 2. The maximum absolute atomic E-state index is 11.4. The summed E-state index contributed by atoms with van der Waals surface area (Å²) < 4.78 is 0. The highest BCUT2D eigenvalue weighted by Crippen LogP contribution is 1.96. The number of hydrogen-bond acceptors (Lipinski definition) is 4. The van der Waals surface area contributed by atoms with Crippen molar-refractivity contribution in [1.29, 1.82) is 0 Å². The van der Waals surface area contributed by atoms with E-state index in [4.69, 9.17) is 18.0 Å². The molecule has 0 fully saturated rings. The van der Waals surface area contributed by atoms with E-state index in [0.29, 0.717) is 6.54 Å². The van der Waals surface area contributed by atoms with Gasteiger partial charge in [-0.25, -0.2) is 9.97 Å². The molecule has 6 heteroatoms. The third-order valence-electron chi connectivity index (χ3n) is 1.91. The van der Waals surface area contributed by atoms with E-state index in [1.807, 2.05) is 0 Å². The highest BCUT2D eigenvalue weighted by Gasteiger charge is 2.14. The summed E-state index contributed by atoms with van der Waals surface area (Å²) in [4.78, 5) is 19.4. The van der Waals surface area contributed by atoms with Crippen LogP contribution in [0.1, 0.15) is 12.6 Å². The Labute approximate surface area is 93.1 Å². The van der Waals surface area contributed by atoms with Crippen LogP contribution in [-0.2, 0) is 11.3 Å². The second kappa shape index (κ2) is 5.35. The van der Waals surface area contributed by atoms with Gasteiger partial charge in [0.1, 0.15) is 6.33 Å². The fourth-order valence-electron chi connectivity index (χ4n) is 0.883. The summed E-state index contributed by atoms with van der Waals surface area (Å²) in [6.07, 6.45) is 3.05. The average Bonchev–Trinajstić information content (AvgIpc) is 2.26. The third kappa shape index (κ3) is 3.59. The molecule has 0 saturated carbocycles. The molecule has 1 amide bonds. The van der Waals surface area contributed by atoms with E-state index in [-0.39, 0.29) is 10.9 Å². The smallest absolute Gasteiger partial charge is 0.229 e. The monoisotopic (exact) mass is 224 g/mol. The summed E-state index contributed by atoms with van der Waals surface area (Å²) in [5.41, 5.74) is 6.09. The van der Waals surface area contributed by atoms with E-state index >= 15 is 0 Å². The van der Waals surface area contributed by atoms with Gasteiger partial charge in [0, 0.05) is 6.20 Å². The van der Waals surface area contributed by atoms with Gasteiger partial charge in [0.2, 0.25) is 5.91 Å². The molecule has 0 saturated heterocycles. The number of thiocarbonyl (C=S) groups is 1. The molecule has 1 heterocycles. The van der Waals surface area contributed by atoms with Crippen molar-refractivity contribution in [1.82, 2.24) is 15.3 Å². The Bertz CT molecular complexity index is 354. The predicted molar refractivity (Wildman–Crippen MR) is 59.8 cm³/mol. The van der Waals surface area contributed by atoms with E-state index in [0.717, 1.165) is 5.69 Å². The van der Waals surface area contributed by atoms with Crippen LogP contribution in [0.5, 0.6) is 0 Å². The highest BCUT2D eigenvalue weighted by atomic mass is 32.1. The molecule has 0 aliphatic heterocycles. The maximum atomic E-state index is 11.4. The molecule has 1 atom stereocenters. The standard InChI is InChI=1S/C9H12N4OS/c1-6(8(10)15)9(14)12-4-7-2-3-11-5-13-7/h2-3,5-6H,4H2,1H3,(H2,10,15)(H,12,14). The van der Waals surface area contributed by atoms with E-state index in [2.05, 4.69) is 15.3 Å². The van der Waals surface area contributed by atoms with Crippen molar-refractivity contribution in [2.75, 3.05) is 0 Å². The van der Waals surface area contributed by atoms with Gasteiger partial charge in [0.05, 0.1) is 23.1 Å². The summed E-state index contributed by atoms with van der Waals surface area (Å²) >= 11 is 4.72. The van der Waals surface area contributed by atoms with Crippen LogP contribution in [0.15, 0.2) is 18.6 Å². The molecule has 3 N–H and O–H groups in total. The topological polar surface area (TPSA) is 80.9 Å². The number of rotatable bonds is 4. The Hall–Kier alpha value is -1.56. The quantitative estimate of drug-likeness (QED) is 0.704. The predicted octanol–water partition coefficient (Wildman–Crippen LogP) is 0.0150. The summed E-state index contributed by atoms with van der Waals surface area (Å²) in [7, 11) is 0. The van der Waals surface area contributed by atoms with Crippen molar-refractivity contribution in [2.45, 2.75) is 13.5 Å². The first-order chi connectivity index (χ1) is 7.11. The lowest BCUT2D eigenvalue weighted by molar-refractivity contribution is -0.122. The van der Waals surface area contributed by atoms with Gasteiger partial charge in [-0.15, -0.1) is 0 Å². The molecule has 5 nitrogen and oxygen atoms in total. The van der Waals surface area contributed by atoms with Crippen LogP contribution >= 0.6 is 12.2 Å². The van der Waals surface area contributed by atoms with Crippen molar-refractivity contribution in [2.24, 2.45) is 11.7 Å². The summed E-state index contributed by atoms with van der Waals surface area (Å²) in [6, 6.07) is 1.73. The van der Waals surface area contributed by atoms with Crippen molar-refractivity contribution in [3.63, 3.8) is 0 Å². The minimum atomic E-state index is -0.457. The number of nitrogens with two attached hydrogens (primary N) is 1. The van der Waals surface area contributed by atoms with E-state index in [9.17, 15) is 4.79 Å². The minimum Gasteiger partial charge on any atom is -0.393 e. The van der Waals surface area contributed by atoms with E-state index in [1.54, 1.807) is 19.2 Å². The molecule has 0 aliphatic carbocycles. The lowest BCUT2D eigenvalue weighted by atomic mass is 10.1. The van der Waals surface area contributed by atoms with Crippen molar-refractivity contribution < 1.29 is 4.79 Å². The van der Waals surface area contributed by atoms with Crippen LogP contribution < -0.4 is 11.1 Å². The van der Waals surface area contributed by atoms with Gasteiger partial charge in [-0.1, -0.05) is 12.2 Å². The second-order valence-corrected chi connectivity index (χ2v) is 3.51. The summed E-state index contributed by atoms with van der Waals surface area (Å²) in [5.74, 6) is -0.650. The van der Waals surface area contributed by atoms with Crippen molar-refractivity contribution >= 4 is 23.1 Å². The Morgan fingerprint density at radius 2 is 2.47 bits per heavy atom. The van der Waals surface area contributed by atoms with Gasteiger partial charge in [-0.3, -0.25) is 4.79 Å². The van der Waals surface area contributed by atoms with Crippen LogP contribution in [0.3, 0.4) is 0 Å². The Morgan fingerprint density at radius 1 is 1.73 bits per heavy atom. The SMILES string of the molecule is CC(C(=O)NCc1ccncn1)C(N)=S. The molecule has 0 aliphatic rings. The lowest BCUT2D eigenvalue weighted by Gasteiger charge is -2.09. The zero-order valence-electron chi connectivity index (χ0n) is 8.30. The fourth-order valence-corrected chi connectivity index (χ4v) is 0.990. The summed E-state index contributed by atoms with van der Waals surface area (Å²) in [6.45, 7) is 2.02. The van der Waals surface area contributed by atoms with Crippen molar-refractivity contribution in [3.05, 3.63) is 24.3 Å². The molecule has 1 aromatic rings. The zero-order valence-corrected chi connectivity index (χ0v) is 9.12. The second-order valence-electron chi connectivity index (χ2n) is 3.04. The van der Waals surface area contributed by atoms with E-state index < -0.39 is 5.92 Å². The number of carbonyl (C=O) groups excluding carboxylic acids is 1. The maximum Gasteiger partial charge on any atom is 0.229 e. The van der Waals surface area contributed by atoms with Crippen LogP contribution in [0.4, 0.5) is 0 Å². The number of carbonyl (C=O) groups is 1. The fraction of sp³-hybridized carbons (Fsp3) is 0.333. The molecule has 80 valence electrons. The van der Waals surface area contributed by atoms with Gasteiger partial charge in [-0.05, 0) is 13.0 Å². The number of nitrogens with one attached hydrogen (secondary N) is 1. The van der Waals surface area contributed by atoms with Crippen molar-refractivity contribution in [3.8, 4) is 0 Å². The van der Waals surface area contributed by atoms with E-state index in [1.165, 1.54) is 6.33 Å². The van der Waals surface area contributed by atoms with Crippen LogP contribution in [0, 0.1) is 5.92 Å². The van der Waals surface area contributed by atoms with Crippen LogP contribution in [0.25, 0.3) is 0 Å². The average molecular weight is 224 g/mol. The number of hydrogen-bond donors (Lipinski definition) is 2. The molecule has 1 rings (SSSR count). The highest BCUT2D eigenvalue weighted by molar-refractivity contribution is 7.80. The van der Waals surface area contributed by atoms with Gasteiger partial charge in [0.15, 0.2) is 0 Å².